The first-order valence-electron chi connectivity index (χ1n) is 14.7. The average Bonchev–Trinajstić information content (AvgIpc) is 3.16. The molecule has 1 fully saturated rings. The number of hydrogen-bond donors (Lipinski definition) is 4. The van der Waals surface area contributed by atoms with Gasteiger partial charge in [0.25, 0.3) is 0 Å². The van der Waals surface area contributed by atoms with E-state index in [0.29, 0.717) is 43.9 Å². The summed E-state index contributed by atoms with van der Waals surface area (Å²) in [5.41, 5.74) is 3.49. The molecule has 1 aliphatic rings. The van der Waals surface area contributed by atoms with Gasteiger partial charge in [0.15, 0.2) is 5.78 Å². The fourth-order valence-corrected chi connectivity index (χ4v) is 6.63. The molecule has 41 heavy (non-hydrogen) atoms. The molecule has 0 bridgehead atoms. The van der Waals surface area contributed by atoms with Gasteiger partial charge in [0.2, 0.25) is 10.9 Å². The van der Waals surface area contributed by atoms with E-state index in [2.05, 4.69) is 67.6 Å². The second kappa shape index (κ2) is 15.3. The van der Waals surface area contributed by atoms with Crippen molar-refractivity contribution in [1.82, 2.24) is 10.3 Å². The summed E-state index contributed by atoms with van der Waals surface area (Å²) in [6.45, 7) is 16.0. The van der Waals surface area contributed by atoms with E-state index in [4.69, 9.17) is 5.90 Å². The Morgan fingerprint density at radius 3 is 2.39 bits per heavy atom. The summed E-state index contributed by atoms with van der Waals surface area (Å²) >= 11 is 1.26. The number of amides is 1. The Hall–Kier alpha value is -2.27. The van der Waals surface area contributed by atoms with Crippen LogP contribution in [0.5, 0.6) is 5.75 Å². The third-order valence-corrected chi connectivity index (χ3v) is 8.60. The molecule has 0 aliphatic carbocycles. The van der Waals surface area contributed by atoms with Gasteiger partial charge in [-0.25, -0.2) is 5.90 Å². The van der Waals surface area contributed by atoms with Crippen molar-refractivity contribution < 1.29 is 25.0 Å². The molecular formula is C31H52N4O5S. The van der Waals surface area contributed by atoms with Gasteiger partial charge in [0.05, 0.1) is 5.52 Å². The van der Waals surface area contributed by atoms with Crippen molar-refractivity contribution in [2.75, 3.05) is 31.1 Å². The Morgan fingerprint density at radius 2 is 1.78 bits per heavy atom. The molecule has 232 valence electrons. The Balaban J connectivity index is 0.00000588. The molecule has 3 rings (SSSR count). The van der Waals surface area contributed by atoms with Gasteiger partial charge < -0.3 is 25.8 Å². The SMILES string of the molecule is CC(C)(C)Cc1c([SH+]C(C)(C)C)[nH]c2c(N3CCC(CCNC(=O)CCCCC(=O)CON)CC3)c(O)ccc12.[OH-]. The molecule has 1 aromatic carbocycles. The zero-order valence-corrected chi connectivity index (χ0v) is 26.7. The number of nitrogens with zero attached hydrogens (tertiary/aromatic N) is 1. The molecular weight excluding hydrogens is 540 g/mol. The highest BCUT2D eigenvalue weighted by molar-refractivity contribution is 7.80. The second-order valence-corrected chi connectivity index (χ2v) is 15.5. The van der Waals surface area contributed by atoms with Crippen molar-refractivity contribution in [2.45, 2.75) is 103 Å². The molecule has 2 aromatic rings. The highest BCUT2D eigenvalue weighted by Crippen LogP contribution is 2.42. The minimum atomic E-state index is -0.0685. The number of hydrogen-bond acceptors (Lipinski definition) is 7. The highest BCUT2D eigenvalue weighted by Gasteiger charge is 2.31. The maximum absolute atomic E-state index is 12.2. The van der Waals surface area contributed by atoms with Crippen molar-refractivity contribution in [3.8, 4) is 5.75 Å². The van der Waals surface area contributed by atoms with Crippen LogP contribution in [0, 0.1) is 11.3 Å². The summed E-state index contributed by atoms with van der Waals surface area (Å²) in [4.78, 5) is 34.0. The first kappa shape index (κ1) is 34.9. The van der Waals surface area contributed by atoms with Crippen LogP contribution in [0.1, 0.15) is 92.1 Å². The summed E-state index contributed by atoms with van der Waals surface area (Å²) < 4.78 is 0.127. The number of carbonyl (C=O) groups is 2. The number of nitrogens with one attached hydrogen (secondary N) is 2. The lowest BCUT2D eigenvalue weighted by atomic mass is 9.88. The molecule has 9 nitrogen and oxygen atoms in total. The normalized spacial score (nSPS) is 14.8. The quantitative estimate of drug-likeness (QED) is 0.111. The van der Waals surface area contributed by atoms with Gasteiger partial charge in [-0.1, -0.05) is 20.8 Å². The minimum Gasteiger partial charge on any atom is -0.870 e. The van der Waals surface area contributed by atoms with Crippen LogP contribution in [0.2, 0.25) is 0 Å². The van der Waals surface area contributed by atoms with Crippen LogP contribution >= 0.6 is 0 Å². The van der Waals surface area contributed by atoms with E-state index >= 15 is 0 Å². The van der Waals surface area contributed by atoms with E-state index in [0.717, 1.165) is 50.0 Å². The zero-order chi connectivity index (χ0) is 29.5. The third-order valence-electron chi connectivity index (χ3n) is 7.32. The van der Waals surface area contributed by atoms with Gasteiger partial charge in [-0.15, -0.1) is 0 Å². The number of thiol groups is 1. The first-order valence-corrected chi connectivity index (χ1v) is 15.6. The average molecular weight is 593 g/mol. The van der Waals surface area contributed by atoms with Gasteiger partial charge in [-0.2, -0.15) is 0 Å². The Morgan fingerprint density at radius 1 is 1.12 bits per heavy atom. The van der Waals surface area contributed by atoms with Crippen LogP contribution in [-0.4, -0.2) is 58.2 Å². The van der Waals surface area contributed by atoms with E-state index in [-0.39, 0.29) is 33.9 Å². The van der Waals surface area contributed by atoms with Crippen molar-refractivity contribution >= 4 is 40.0 Å². The number of carbonyl (C=O) groups excluding carboxylic acids is 2. The number of benzene rings is 1. The number of aromatic amines is 1. The molecule has 0 unspecified atom stereocenters. The summed E-state index contributed by atoms with van der Waals surface area (Å²) in [6, 6.07) is 3.94. The lowest BCUT2D eigenvalue weighted by molar-refractivity contribution is -0.124. The topological polar surface area (TPSA) is 151 Å². The third kappa shape index (κ3) is 10.8. The number of piperidine rings is 1. The van der Waals surface area contributed by atoms with Crippen LogP contribution < -0.4 is 16.1 Å². The zero-order valence-electron chi connectivity index (χ0n) is 25.8. The summed E-state index contributed by atoms with van der Waals surface area (Å²) in [6.07, 6.45) is 6.16. The number of anilines is 1. The number of phenols is 1. The molecule has 1 aromatic heterocycles. The summed E-state index contributed by atoms with van der Waals surface area (Å²) in [5.74, 6) is 5.79. The maximum atomic E-state index is 12.2. The number of aromatic hydroxyl groups is 1. The lowest BCUT2D eigenvalue weighted by Gasteiger charge is -2.34. The van der Waals surface area contributed by atoms with Crippen molar-refractivity contribution in [3.05, 3.63) is 17.7 Å². The number of fused-ring (bicyclic) bond motifs is 1. The Labute approximate surface area is 249 Å². The fourth-order valence-electron chi connectivity index (χ4n) is 5.46. The number of Topliss-reactive ketones (excluding diaryl/α,β-unsaturated/α-hetero) is 1. The van der Waals surface area contributed by atoms with Crippen molar-refractivity contribution in [3.63, 3.8) is 0 Å². The van der Waals surface area contributed by atoms with Gasteiger partial charge >= 0.3 is 0 Å². The molecule has 0 radical (unpaired) electrons. The molecule has 0 atom stereocenters. The van der Waals surface area contributed by atoms with E-state index in [1.807, 2.05) is 6.07 Å². The number of nitrogens with two attached hydrogens (primary N) is 1. The predicted octanol–water partition coefficient (Wildman–Crippen LogP) is 5.00. The minimum absolute atomic E-state index is 0. The fraction of sp³-hybridized carbons (Fsp3) is 0.677. The van der Waals surface area contributed by atoms with Crippen LogP contribution in [0.25, 0.3) is 10.9 Å². The highest BCUT2D eigenvalue weighted by atomic mass is 32.2. The number of unbranched alkanes of at least 4 members (excludes halogenated alkanes) is 1. The Bertz CT molecular complexity index is 1140. The van der Waals surface area contributed by atoms with Gasteiger partial charge in [0.1, 0.15) is 22.8 Å². The molecule has 0 spiro atoms. The van der Waals surface area contributed by atoms with E-state index in [9.17, 15) is 14.7 Å². The van der Waals surface area contributed by atoms with Crippen molar-refractivity contribution in [1.29, 1.82) is 0 Å². The molecule has 1 amide bonds. The molecule has 6 N–H and O–H groups in total. The standard InChI is InChI=1S/C31H50N4O4S.H2O/c1-30(2,3)19-24-23-11-12-25(37)28(27(23)34-29(24)40-31(4,5)6)35-17-14-21(15-18-35)13-16-33-26(38)10-8-7-9-22(36)20-39-32;/h11-12,21,34,37H,7-10,13-20,32H2,1-6H3,(H,33,38);1H2. The van der Waals surface area contributed by atoms with E-state index in [1.165, 1.54) is 27.7 Å². The Kier molecular flexibility index (Phi) is 13.0. The van der Waals surface area contributed by atoms with Gasteiger partial charge in [-0.05, 0) is 82.8 Å². The summed E-state index contributed by atoms with van der Waals surface area (Å²) in [7, 11) is 0. The smallest absolute Gasteiger partial charge is 0.227 e. The second-order valence-electron chi connectivity index (χ2n) is 13.5. The molecule has 2 heterocycles. The van der Waals surface area contributed by atoms with Crippen LogP contribution in [0.4, 0.5) is 5.69 Å². The van der Waals surface area contributed by atoms with E-state index in [1.54, 1.807) is 0 Å². The first-order chi connectivity index (χ1) is 18.8. The number of H-pyrrole nitrogens is 1. The molecule has 1 saturated heterocycles. The summed E-state index contributed by atoms with van der Waals surface area (Å²) in [5, 5.41) is 16.5. The predicted molar refractivity (Wildman–Crippen MR) is 168 cm³/mol. The maximum Gasteiger partial charge on any atom is 0.227 e. The largest absolute Gasteiger partial charge is 0.870 e. The lowest BCUT2D eigenvalue weighted by Crippen LogP contribution is -2.35. The molecule has 1 aliphatic heterocycles. The number of ketones is 1. The van der Waals surface area contributed by atoms with E-state index < -0.39 is 0 Å². The van der Waals surface area contributed by atoms with Crippen LogP contribution in [0.15, 0.2) is 17.2 Å². The van der Waals surface area contributed by atoms with Crippen molar-refractivity contribution in [2.24, 2.45) is 17.2 Å². The van der Waals surface area contributed by atoms with Crippen LogP contribution in [0.3, 0.4) is 0 Å². The molecule has 10 heteroatoms. The monoisotopic (exact) mass is 592 g/mol. The number of rotatable bonds is 13. The van der Waals surface area contributed by atoms with Crippen LogP contribution in [-0.2, 0) is 32.6 Å². The number of aromatic nitrogens is 1. The number of phenolic OH excluding ortho intramolecular Hbond substituents is 1. The van der Waals surface area contributed by atoms with Gasteiger partial charge in [-0.3, -0.25) is 14.4 Å². The van der Waals surface area contributed by atoms with Gasteiger partial charge in [0, 0.05) is 55.2 Å². The molecule has 0 saturated carbocycles.